The number of hydrogen-bond donors (Lipinski definition) is 1. The summed E-state index contributed by atoms with van der Waals surface area (Å²) in [5.74, 6) is 1.78. The highest BCUT2D eigenvalue weighted by atomic mass is 79.9. The van der Waals surface area contributed by atoms with Crippen LogP contribution >= 0.6 is 39.0 Å². The van der Waals surface area contributed by atoms with Crippen molar-refractivity contribution in [1.29, 1.82) is 0 Å². The van der Waals surface area contributed by atoms with E-state index in [9.17, 15) is 0 Å². The fourth-order valence-corrected chi connectivity index (χ4v) is 3.82. The van der Waals surface area contributed by atoms with Gasteiger partial charge in [-0.1, -0.05) is 18.7 Å². The first-order chi connectivity index (χ1) is 8.74. The van der Waals surface area contributed by atoms with Gasteiger partial charge in [-0.25, -0.2) is 0 Å². The van der Waals surface area contributed by atoms with E-state index in [-0.39, 0.29) is 0 Å². The Bertz CT molecular complexity index is 509. The highest BCUT2D eigenvalue weighted by Crippen LogP contribution is 2.27. The average molecular weight is 347 g/mol. The van der Waals surface area contributed by atoms with Gasteiger partial charge in [0.05, 0.1) is 10.3 Å². The van der Waals surface area contributed by atoms with Gasteiger partial charge >= 0.3 is 0 Å². The van der Waals surface area contributed by atoms with Crippen LogP contribution in [0.5, 0.6) is 0 Å². The third-order valence-electron chi connectivity index (χ3n) is 2.41. The SMILES string of the molecule is CCCn1c(CN)nnc1SCc1csc(Br)c1. The van der Waals surface area contributed by atoms with E-state index >= 15 is 0 Å². The first-order valence-corrected chi connectivity index (χ1v) is 8.38. The summed E-state index contributed by atoms with van der Waals surface area (Å²) in [6.07, 6.45) is 1.06. The summed E-state index contributed by atoms with van der Waals surface area (Å²) in [5.41, 5.74) is 6.97. The van der Waals surface area contributed by atoms with Crippen LogP contribution in [0, 0.1) is 0 Å². The molecule has 0 aliphatic rings. The van der Waals surface area contributed by atoms with Gasteiger partial charge in [0.25, 0.3) is 0 Å². The third-order valence-corrected chi connectivity index (χ3v) is 5.00. The lowest BCUT2D eigenvalue weighted by Gasteiger charge is -2.06. The van der Waals surface area contributed by atoms with Crippen molar-refractivity contribution in [3.8, 4) is 0 Å². The molecular formula is C11H15BrN4S2. The second-order valence-electron chi connectivity index (χ2n) is 3.80. The van der Waals surface area contributed by atoms with Crippen molar-refractivity contribution in [3.63, 3.8) is 0 Å². The topological polar surface area (TPSA) is 56.7 Å². The van der Waals surface area contributed by atoms with Crippen molar-refractivity contribution in [3.05, 3.63) is 26.6 Å². The molecule has 7 heteroatoms. The van der Waals surface area contributed by atoms with Crippen LogP contribution < -0.4 is 5.73 Å². The summed E-state index contributed by atoms with van der Waals surface area (Å²) in [6.45, 7) is 3.51. The van der Waals surface area contributed by atoms with Gasteiger partial charge in [0.2, 0.25) is 0 Å². The Balaban J connectivity index is 2.06. The summed E-state index contributed by atoms with van der Waals surface area (Å²) >= 11 is 6.89. The fraction of sp³-hybridized carbons (Fsp3) is 0.455. The summed E-state index contributed by atoms with van der Waals surface area (Å²) in [6, 6.07) is 2.14. The largest absolute Gasteiger partial charge is 0.324 e. The predicted octanol–water partition coefficient (Wildman–Crippen LogP) is 3.26. The molecule has 0 radical (unpaired) electrons. The van der Waals surface area contributed by atoms with Gasteiger partial charge in [0.15, 0.2) is 5.16 Å². The predicted molar refractivity (Wildman–Crippen MR) is 79.8 cm³/mol. The van der Waals surface area contributed by atoms with Gasteiger partial charge in [-0.2, -0.15) is 0 Å². The zero-order valence-electron chi connectivity index (χ0n) is 10.1. The van der Waals surface area contributed by atoms with Crippen LogP contribution in [0.2, 0.25) is 0 Å². The van der Waals surface area contributed by atoms with Crippen LogP contribution in [0.25, 0.3) is 0 Å². The molecule has 0 fully saturated rings. The maximum absolute atomic E-state index is 5.67. The van der Waals surface area contributed by atoms with E-state index in [0.29, 0.717) is 6.54 Å². The van der Waals surface area contributed by atoms with Crippen molar-refractivity contribution in [2.45, 2.75) is 37.3 Å². The number of nitrogens with two attached hydrogens (primary N) is 1. The molecule has 2 N–H and O–H groups in total. The Labute approximate surface area is 123 Å². The maximum Gasteiger partial charge on any atom is 0.191 e. The number of aromatic nitrogens is 3. The molecule has 0 aromatic carbocycles. The van der Waals surface area contributed by atoms with E-state index in [1.165, 1.54) is 5.56 Å². The zero-order valence-corrected chi connectivity index (χ0v) is 13.3. The molecule has 0 atom stereocenters. The fourth-order valence-electron chi connectivity index (χ4n) is 1.59. The van der Waals surface area contributed by atoms with E-state index in [1.54, 1.807) is 23.1 Å². The highest BCUT2D eigenvalue weighted by molar-refractivity contribution is 9.11. The second-order valence-corrected chi connectivity index (χ2v) is 7.04. The summed E-state index contributed by atoms with van der Waals surface area (Å²) < 4.78 is 3.28. The molecule has 0 aliphatic heterocycles. The second kappa shape index (κ2) is 6.70. The molecule has 4 nitrogen and oxygen atoms in total. The summed E-state index contributed by atoms with van der Waals surface area (Å²) in [7, 11) is 0. The van der Waals surface area contributed by atoms with Crippen LogP contribution in [-0.4, -0.2) is 14.8 Å². The van der Waals surface area contributed by atoms with Crippen molar-refractivity contribution >= 4 is 39.0 Å². The summed E-state index contributed by atoms with van der Waals surface area (Å²) in [4.78, 5) is 0. The zero-order chi connectivity index (χ0) is 13.0. The minimum Gasteiger partial charge on any atom is -0.324 e. The Morgan fingerprint density at radius 3 is 2.94 bits per heavy atom. The van der Waals surface area contributed by atoms with Gasteiger partial charge in [-0.05, 0) is 39.4 Å². The Kier molecular flexibility index (Phi) is 5.23. The smallest absolute Gasteiger partial charge is 0.191 e. The average Bonchev–Trinajstić information content (AvgIpc) is 2.94. The van der Waals surface area contributed by atoms with E-state index in [1.807, 2.05) is 0 Å². The molecule has 0 bridgehead atoms. The maximum atomic E-state index is 5.67. The lowest BCUT2D eigenvalue weighted by molar-refractivity contribution is 0.592. The van der Waals surface area contributed by atoms with Crippen LogP contribution in [0.4, 0.5) is 0 Å². The normalized spacial score (nSPS) is 11.1. The molecule has 98 valence electrons. The summed E-state index contributed by atoms with van der Waals surface area (Å²) in [5, 5.41) is 11.5. The molecule has 0 saturated heterocycles. The molecule has 2 rings (SSSR count). The Morgan fingerprint density at radius 2 is 2.33 bits per heavy atom. The number of thiophene rings is 1. The van der Waals surface area contributed by atoms with Crippen LogP contribution in [0.3, 0.4) is 0 Å². The number of thioether (sulfide) groups is 1. The molecule has 2 aromatic heterocycles. The highest BCUT2D eigenvalue weighted by Gasteiger charge is 2.11. The molecule has 0 aliphatic carbocycles. The van der Waals surface area contributed by atoms with Crippen molar-refractivity contribution in [1.82, 2.24) is 14.8 Å². The van der Waals surface area contributed by atoms with E-state index in [0.717, 1.165) is 33.5 Å². The number of halogens is 1. The standard InChI is InChI=1S/C11H15BrN4S2/c1-2-3-16-10(5-13)14-15-11(16)18-7-8-4-9(12)17-6-8/h4,6H,2-3,5,7,13H2,1H3. The van der Waals surface area contributed by atoms with Crippen LogP contribution in [0.1, 0.15) is 24.7 Å². The van der Waals surface area contributed by atoms with Crippen LogP contribution in [0.15, 0.2) is 20.4 Å². The lowest BCUT2D eigenvalue weighted by atomic mass is 10.4. The first kappa shape index (κ1) is 14.0. The van der Waals surface area contributed by atoms with E-state index in [2.05, 4.69) is 49.1 Å². The van der Waals surface area contributed by atoms with Gasteiger partial charge in [0, 0.05) is 12.3 Å². The molecule has 0 saturated carbocycles. The molecular weight excluding hydrogens is 332 g/mol. The Morgan fingerprint density at radius 1 is 1.50 bits per heavy atom. The molecule has 2 aromatic rings. The number of hydrogen-bond acceptors (Lipinski definition) is 5. The molecule has 0 spiro atoms. The van der Waals surface area contributed by atoms with Crippen LogP contribution in [-0.2, 0) is 18.8 Å². The minimum atomic E-state index is 0.442. The molecule has 0 amide bonds. The van der Waals surface area contributed by atoms with Gasteiger partial charge in [-0.15, -0.1) is 21.5 Å². The quantitative estimate of drug-likeness (QED) is 0.815. The minimum absolute atomic E-state index is 0.442. The lowest BCUT2D eigenvalue weighted by Crippen LogP contribution is -2.09. The molecule has 18 heavy (non-hydrogen) atoms. The van der Waals surface area contributed by atoms with Crippen molar-refractivity contribution in [2.24, 2.45) is 5.73 Å². The van der Waals surface area contributed by atoms with Gasteiger partial charge in [-0.3, -0.25) is 0 Å². The Hall–Kier alpha value is -0.370. The number of nitrogens with zero attached hydrogens (tertiary/aromatic N) is 3. The van der Waals surface area contributed by atoms with Crippen molar-refractivity contribution in [2.75, 3.05) is 0 Å². The van der Waals surface area contributed by atoms with E-state index < -0.39 is 0 Å². The van der Waals surface area contributed by atoms with Crippen molar-refractivity contribution < 1.29 is 0 Å². The third kappa shape index (κ3) is 3.34. The first-order valence-electron chi connectivity index (χ1n) is 5.72. The van der Waals surface area contributed by atoms with Gasteiger partial charge < -0.3 is 10.3 Å². The monoisotopic (exact) mass is 346 g/mol. The van der Waals surface area contributed by atoms with Gasteiger partial charge in [0.1, 0.15) is 5.82 Å². The number of rotatable bonds is 6. The van der Waals surface area contributed by atoms with E-state index in [4.69, 9.17) is 5.73 Å². The molecule has 0 unspecified atom stereocenters. The molecule has 2 heterocycles.